The second-order valence-corrected chi connectivity index (χ2v) is 12.3. The number of ether oxygens (including phenoxy) is 1. The number of benzene rings is 2. The van der Waals surface area contributed by atoms with E-state index in [0.29, 0.717) is 24.6 Å². The first-order valence-electron chi connectivity index (χ1n) is 12.2. The maximum Gasteiger partial charge on any atom is 0.232 e. The van der Waals surface area contributed by atoms with E-state index in [-0.39, 0.29) is 46.9 Å². The summed E-state index contributed by atoms with van der Waals surface area (Å²) in [5, 5.41) is 19.7. The number of sulfonamides is 1. The van der Waals surface area contributed by atoms with Crippen molar-refractivity contribution < 1.29 is 23.1 Å². The Bertz CT molecular complexity index is 1210. The number of hydrogen-bond donors (Lipinski definition) is 3. The third-order valence-electron chi connectivity index (χ3n) is 6.63. The van der Waals surface area contributed by atoms with E-state index in [1.54, 1.807) is 18.1 Å². The molecule has 0 bridgehead atoms. The molecule has 0 spiro atoms. The van der Waals surface area contributed by atoms with Crippen LogP contribution in [0.2, 0.25) is 0 Å². The SMILES string of the molecule is CCS(=O)(=O)Nc1cc(C(=O)CN2CC(CCOC)C(c3ccccc3)C2=N)cc(C(C)(C)C)c1O. The monoisotopic (exact) mass is 515 g/mol. The van der Waals surface area contributed by atoms with Gasteiger partial charge in [0.25, 0.3) is 0 Å². The fourth-order valence-electron chi connectivity index (χ4n) is 4.62. The van der Waals surface area contributed by atoms with E-state index >= 15 is 0 Å². The van der Waals surface area contributed by atoms with Crippen LogP contribution in [0.4, 0.5) is 5.69 Å². The molecule has 2 aromatic carbocycles. The molecule has 1 heterocycles. The molecule has 36 heavy (non-hydrogen) atoms. The van der Waals surface area contributed by atoms with Gasteiger partial charge in [-0.05, 0) is 42.4 Å². The molecule has 2 unspecified atom stereocenters. The van der Waals surface area contributed by atoms with Gasteiger partial charge in [0.15, 0.2) is 5.78 Å². The van der Waals surface area contributed by atoms with Crippen molar-refractivity contribution in [2.24, 2.45) is 5.92 Å². The highest BCUT2D eigenvalue weighted by Gasteiger charge is 2.39. The van der Waals surface area contributed by atoms with Crippen molar-refractivity contribution in [3.63, 3.8) is 0 Å². The zero-order chi connectivity index (χ0) is 26.7. The van der Waals surface area contributed by atoms with E-state index in [4.69, 9.17) is 10.1 Å². The first kappa shape index (κ1) is 27.7. The number of carbonyl (C=O) groups excluding carboxylic acids is 1. The Balaban J connectivity index is 1.93. The Kier molecular flexibility index (Phi) is 8.46. The molecule has 0 aliphatic carbocycles. The van der Waals surface area contributed by atoms with E-state index in [1.807, 2.05) is 51.1 Å². The molecule has 0 radical (unpaired) electrons. The minimum absolute atomic E-state index is 0.00995. The molecule has 1 saturated heterocycles. The number of carbonyl (C=O) groups is 1. The van der Waals surface area contributed by atoms with Crippen LogP contribution in [0.5, 0.6) is 5.75 Å². The van der Waals surface area contributed by atoms with E-state index in [9.17, 15) is 18.3 Å². The molecule has 1 fully saturated rings. The molecule has 2 atom stereocenters. The molecule has 1 aliphatic heterocycles. The third-order valence-corrected chi connectivity index (χ3v) is 7.92. The Morgan fingerprint density at radius 3 is 2.47 bits per heavy atom. The topological polar surface area (TPSA) is 120 Å². The van der Waals surface area contributed by atoms with Crippen LogP contribution in [0.15, 0.2) is 42.5 Å². The molecule has 3 N–H and O–H groups in total. The van der Waals surface area contributed by atoms with E-state index < -0.39 is 15.4 Å². The van der Waals surface area contributed by atoms with E-state index in [1.165, 1.54) is 13.0 Å². The smallest absolute Gasteiger partial charge is 0.232 e. The number of ketones is 1. The van der Waals surface area contributed by atoms with Gasteiger partial charge in [0, 0.05) is 37.3 Å². The normalized spacial score (nSPS) is 18.5. The van der Waals surface area contributed by atoms with Crippen LogP contribution in [0.1, 0.15) is 61.5 Å². The molecule has 0 aromatic heterocycles. The van der Waals surface area contributed by atoms with Crippen molar-refractivity contribution in [2.45, 2.75) is 45.4 Å². The average Bonchev–Trinajstić information content (AvgIpc) is 3.13. The fourth-order valence-corrected chi connectivity index (χ4v) is 5.26. The summed E-state index contributed by atoms with van der Waals surface area (Å²) >= 11 is 0. The first-order chi connectivity index (χ1) is 16.9. The van der Waals surface area contributed by atoms with Gasteiger partial charge in [0.2, 0.25) is 10.0 Å². The minimum atomic E-state index is -3.66. The quantitative estimate of drug-likeness (QED) is 0.319. The number of aromatic hydroxyl groups is 1. The summed E-state index contributed by atoms with van der Waals surface area (Å²) in [6, 6.07) is 12.9. The lowest BCUT2D eigenvalue weighted by atomic mass is 9.84. The summed E-state index contributed by atoms with van der Waals surface area (Å²) in [6.07, 6.45) is 0.763. The maximum atomic E-state index is 13.5. The summed E-state index contributed by atoms with van der Waals surface area (Å²) in [5.41, 5.74) is 1.25. The summed E-state index contributed by atoms with van der Waals surface area (Å²) in [4.78, 5) is 15.3. The number of anilines is 1. The number of amidine groups is 1. The van der Waals surface area contributed by atoms with Gasteiger partial charge in [-0.25, -0.2) is 8.42 Å². The number of nitrogens with zero attached hydrogens (tertiary/aromatic N) is 1. The van der Waals surface area contributed by atoms with Gasteiger partial charge in [-0.1, -0.05) is 51.1 Å². The number of hydrogen-bond acceptors (Lipinski definition) is 6. The van der Waals surface area contributed by atoms with Crippen molar-refractivity contribution in [3.8, 4) is 5.75 Å². The maximum absolute atomic E-state index is 13.5. The lowest BCUT2D eigenvalue weighted by Gasteiger charge is -2.24. The summed E-state index contributed by atoms with van der Waals surface area (Å²) < 4.78 is 32.1. The van der Waals surface area contributed by atoms with Crippen LogP contribution >= 0.6 is 0 Å². The number of nitrogens with one attached hydrogen (secondary N) is 2. The first-order valence-corrected chi connectivity index (χ1v) is 13.8. The molecule has 0 amide bonds. The van der Waals surface area contributed by atoms with Crippen molar-refractivity contribution in [2.75, 3.05) is 37.3 Å². The van der Waals surface area contributed by atoms with Gasteiger partial charge in [-0.3, -0.25) is 14.9 Å². The van der Waals surface area contributed by atoms with Gasteiger partial charge in [0.1, 0.15) is 11.6 Å². The second kappa shape index (κ2) is 11.0. The van der Waals surface area contributed by atoms with Crippen LogP contribution < -0.4 is 4.72 Å². The molecule has 0 saturated carbocycles. The lowest BCUT2D eigenvalue weighted by molar-refractivity contribution is 0.0961. The van der Waals surface area contributed by atoms with Gasteiger partial charge in [-0.15, -0.1) is 0 Å². The van der Waals surface area contributed by atoms with Crippen LogP contribution in [-0.4, -0.2) is 62.6 Å². The number of rotatable bonds is 10. The van der Waals surface area contributed by atoms with Gasteiger partial charge >= 0.3 is 0 Å². The van der Waals surface area contributed by atoms with Gasteiger partial charge in [-0.2, -0.15) is 0 Å². The number of phenols is 1. The largest absolute Gasteiger partial charge is 0.505 e. The fraction of sp³-hybridized carbons (Fsp3) is 0.481. The van der Waals surface area contributed by atoms with Crippen LogP contribution in [0, 0.1) is 11.3 Å². The molecule has 3 rings (SSSR count). The Morgan fingerprint density at radius 1 is 1.22 bits per heavy atom. The Labute approximate surface area is 214 Å². The number of phenolic OH excluding ortho intramolecular Hbond substituents is 1. The predicted octanol–water partition coefficient (Wildman–Crippen LogP) is 4.36. The zero-order valence-corrected chi connectivity index (χ0v) is 22.5. The predicted molar refractivity (Wildman–Crippen MR) is 143 cm³/mol. The molecule has 196 valence electrons. The van der Waals surface area contributed by atoms with Crippen molar-refractivity contribution in [1.29, 1.82) is 5.41 Å². The lowest BCUT2D eigenvalue weighted by Crippen LogP contribution is -2.32. The summed E-state index contributed by atoms with van der Waals surface area (Å²) in [7, 11) is -2.01. The third kappa shape index (κ3) is 6.25. The zero-order valence-electron chi connectivity index (χ0n) is 21.7. The number of Topliss-reactive ketones (excluding diaryl/α,β-unsaturated/α-hetero) is 1. The highest BCUT2D eigenvalue weighted by atomic mass is 32.2. The molecule has 8 nitrogen and oxygen atoms in total. The van der Waals surface area contributed by atoms with Crippen molar-refractivity contribution in [3.05, 3.63) is 59.2 Å². The van der Waals surface area contributed by atoms with E-state index in [0.717, 1.165) is 12.0 Å². The summed E-state index contributed by atoms with van der Waals surface area (Å²) in [6.45, 7) is 8.26. The van der Waals surface area contributed by atoms with E-state index in [2.05, 4.69) is 4.72 Å². The standard InChI is InChI=1S/C27H37N3O5S/c1-6-36(33,34)29-22-15-20(14-21(25(22)32)27(2,3)4)23(31)17-30-16-19(12-13-35-5)24(26(30)28)18-10-8-7-9-11-18/h7-11,14-15,19,24,28-29,32H,6,12-13,16-17H2,1-5H3. The van der Waals surface area contributed by atoms with Crippen molar-refractivity contribution >= 4 is 27.3 Å². The van der Waals surface area contributed by atoms with Crippen molar-refractivity contribution in [1.82, 2.24) is 4.90 Å². The van der Waals surface area contributed by atoms with Crippen LogP contribution in [-0.2, 0) is 20.2 Å². The minimum Gasteiger partial charge on any atom is -0.505 e. The second-order valence-electron chi connectivity index (χ2n) is 10.3. The molecule has 2 aromatic rings. The van der Waals surface area contributed by atoms with Gasteiger partial charge in [0.05, 0.1) is 18.0 Å². The highest BCUT2D eigenvalue weighted by molar-refractivity contribution is 7.92. The Hall–Kier alpha value is -2.91. The summed E-state index contributed by atoms with van der Waals surface area (Å²) in [5.74, 6) is -0.215. The number of methoxy groups -OCH3 is 1. The molecule has 9 heteroatoms. The van der Waals surface area contributed by atoms with Gasteiger partial charge < -0.3 is 14.7 Å². The van der Waals surface area contributed by atoms with Crippen LogP contribution in [0.25, 0.3) is 0 Å². The number of likely N-dealkylation sites (tertiary alicyclic amines) is 1. The Morgan fingerprint density at radius 2 is 1.89 bits per heavy atom. The van der Waals surface area contributed by atoms with Crippen LogP contribution in [0.3, 0.4) is 0 Å². The molecular weight excluding hydrogens is 478 g/mol. The highest BCUT2D eigenvalue weighted by Crippen LogP contribution is 2.39. The molecule has 1 aliphatic rings. The molecular formula is C27H37N3O5S. The average molecular weight is 516 g/mol.